The van der Waals surface area contributed by atoms with E-state index >= 15 is 0 Å². The Kier molecular flexibility index (Phi) is 6.11. The van der Waals surface area contributed by atoms with Crippen LogP contribution in [0.1, 0.15) is 16.7 Å². The van der Waals surface area contributed by atoms with Gasteiger partial charge in [-0.1, -0.05) is 29.8 Å². The predicted molar refractivity (Wildman–Crippen MR) is 130 cm³/mol. The van der Waals surface area contributed by atoms with Crippen molar-refractivity contribution in [1.82, 2.24) is 0 Å². The van der Waals surface area contributed by atoms with Crippen molar-refractivity contribution in [3.05, 3.63) is 88.1 Å². The Morgan fingerprint density at radius 1 is 0.818 bits per heavy atom. The number of halogens is 1. The molecule has 33 heavy (non-hydrogen) atoms. The second-order valence-corrected chi connectivity index (χ2v) is 8.18. The molecule has 2 amide bonds. The summed E-state index contributed by atoms with van der Waals surface area (Å²) >= 11 is 6.06. The first kappa shape index (κ1) is 22.4. The molecule has 0 unspecified atom stereocenters. The lowest BCUT2D eigenvalue weighted by atomic mass is 10.0. The van der Waals surface area contributed by atoms with Gasteiger partial charge in [0, 0.05) is 11.1 Å². The maximum Gasteiger partial charge on any atom is 0.282 e. The van der Waals surface area contributed by atoms with Gasteiger partial charge in [-0.05, 0) is 66.9 Å². The van der Waals surface area contributed by atoms with Crippen molar-refractivity contribution in [2.75, 3.05) is 24.4 Å². The highest BCUT2D eigenvalue weighted by Crippen LogP contribution is 2.37. The van der Waals surface area contributed by atoms with Crippen LogP contribution in [-0.4, -0.2) is 26.0 Å². The van der Waals surface area contributed by atoms with Gasteiger partial charge in [-0.25, -0.2) is 4.90 Å². The molecule has 0 aliphatic carbocycles. The summed E-state index contributed by atoms with van der Waals surface area (Å²) < 4.78 is 10.8. The Labute approximate surface area is 197 Å². The van der Waals surface area contributed by atoms with Crippen molar-refractivity contribution < 1.29 is 19.1 Å². The van der Waals surface area contributed by atoms with Crippen LogP contribution in [-0.2, 0) is 9.59 Å². The maximum atomic E-state index is 13.6. The van der Waals surface area contributed by atoms with E-state index < -0.39 is 11.8 Å². The van der Waals surface area contributed by atoms with Gasteiger partial charge in [0.15, 0.2) is 0 Å². The number of methoxy groups -OCH3 is 2. The number of ether oxygens (including phenoxy) is 2. The SMILES string of the molecule is COc1ccc(OC)c(NC2=C(c3ccc(Cl)cc3)C(=O)N(c3cc(C)cc(C)c3)C2=O)c1. The van der Waals surface area contributed by atoms with Crippen LogP contribution >= 0.6 is 11.6 Å². The average Bonchev–Trinajstić information content (AvgIpc) is 3.03. The number of nitrogens with one attached hydrogen (secondary N) is 1. The fourth-order valence-electron chi connectivity index (χ4n) is 3.89. The van der Waals surface area contributed by atoms with Crippen molar-refractivity contribution in [1.29, 1.82) is 0 Å². The minimum atomic E-state index is -0.458. The Hall–Kier alpha value is -3.77. The van der Waals surface area contributed by atoms with E-state index in [0.717, 1.165) is 11.1 Å². The summed E-state index contributed by atoms with van der Waals surface area (Å²) in [5.41, 5.74) is 3.90. The van der Waals surface area contributed by atoms with Gasteiger partial charge in [0.1, 0.15) is 17.2 Å². The smallest absolute Gasteiger partial charge is 0.282 e. The van der Waals surface area contributed by atoms with Crippen LogP contribution in [0.15, 0.2) is 66.4 Å². The summed E-state index contributed by atoms with van der Waals surface area (Å²) in [5.74, 6) is 0.204. The molecular formula is C26H23ClN2O4. The molecule has 0 fully saturated rings. The van der Waals surface area contributed by atoms with Crippen LogP contribution < -0.4 is 19.7 Å². The van der Waals surface area contributed by atoms with E-state index in [2.05, 4.69) is 5.32 Å². The number of hydrogen-bond acceptors (Lipinski definition) is 5. The Morgan fingerprint density at radius 3 is 2.09 bits per heavy atom. The summed E-state index contributed by atoms with van der Waals surface area (Å²) in [4.78, 5) is 28.4. The normalized spacial score (nSPS) is 13.5. The van der Waals surface area contributed by atoms with Gasteiger partial charge in [-0.2, -0.15) is 0 Å². The van der Waals surface area contributed by atoms with Gasteiger partial charge < -0.3 is 14.8 Å². The number of amides is 2. The summed E-state index contributed by atoms with van der Waals surface area (Å²) in [6.07, 6.45) is 0. The van der Waals surface area contributed by atoms with Crippen LogP contribution in [0, 0.1) is 13.8 Å². The topological polar surface area (TPSA) is 67.9 Å². The number of nitrogens with zero attached hydrogens (tertiary/aromatic N) is 1. The zero-order chi connectivity index (χ0) is 23.7. The van der Waals surface area contributed by atoms with E-state index in [0.29, 0.717) is 33.5 Å². The van der Waals surface area contributed by atoms with E-state index in [9.17, 15) is 9.59 Å². The summed E-state index contributed by atoms with van der Waals surface area (Å²) in [5, 5.41) is 3.67. The number of aryl methyl sites for hydroxylation is 2. The van der Waals surface area contributed by atoms with Crippen molar-refractivity contribution in [2.45, 2.75) is 13.8 Å². The first-order valence-corrected chi connectivity index (χ1v) is 10.7. The molecule has 1 N–H and O–H groups in total. The van der Waals surface area contributed by atoms with Gasteiger partial charge >= 0.3 is 0 Å². The first-order valence-electron chi connectivity index (χ1n) is 10.3. The molecule has 1 aliphatic rings. The molecule has 0 spiro atoms. The molecule has 1 aliphatic heterocycles. The number of benzene rings is 3. The number of carbonyl (C=O) groups is 2. The highest BCUT2D eigenvalue weighted by atomic mass is 35.5. The Balaban J connectivity index is 1.87. The van der Waals surface area contributed by atoms with Gasteiger partial charge in [-0.15, -0.1) is 0 Å². The quantitative estimate of drug-likeness (QED) is 0.499. The summed E-state index contributed by atoms with van der Waals surface area (Å²) in [6, 6.07) is 17.6. The van der Waals surface area contributed by atoms with E-state index in [-0.39, 0.29) is 11.3 Å². The fourth-order valence-corrected chi connectivity index (χ4v) is 4.02. The third kappa shape index (κ3) is 4.30. The van der Waals surface area contributed by atoms with Crippen LogP contribution in [0.3, 0.4) is 0 Å². The van der Waals surface area contributed by atoms with Crippen LogP contribution in [0.5, 0.6) is 11.5 Å². The highest BCUT2D eigenvalue weighted by molar-refractivity contribution is 6.46. The summed E-state index contributed by atoms with van der Waals surface area (Å²) in [6.45, 7) is 3.85. The molecule has 1 heterocycles. The Bertz CT molecular complexity index is 1260. The number of hydrogen-bond donors (Lipinski definition) is 1. The van der Waals surface area contributed by atoms with Crippen LogP contribution in [0.4, 0.5) is 11.4 Å². The van der Waals surface area contributed by atoms with Gasteiger partial charge in [0.2, 0.25) is 0 Å². The molecule has 7 heteroatoms. The number of rotatable bonds is 6. The largest absolute Gasteiger partial charge is 0.497 e. The van der Waals surface area contributed by atoms with E-state index in [1.807, 2.05) is 32.0 Å². The molecule has 0 bridgehead atoms. The maximum absolute atomic E-state index is 13.6. The van der Waals surface area contributed by atoms with Gasteiger partial charge in [0.05, 0.1) is 31.2 Å². The van der Waals surface area contributed by atoms with Crippen LogP contribution in [0.2, 0.25) is 5.02 Å². The molecular weight excluding hydrogens is 440 g/mol. The lowest BCUT2D eigenvalue weighted by molar-refractivity contribution is -0.120. The molecule has 0 aromatic heterocycles. The zero-order valence-corrected chi connectivity index (χ0v) is 19.5. The van der Waals surface area contributed by atoms with Gasteiger partial charge in [0.25, 0.3) is 11.8 Å². The minimum Gasteiger partial charge on any atom is -0.497 e. The standard InChI is InChI=1S/C26H23ClN2O4/c1-15-11-16(2)13-19(12-15)29-25(30)23(17-5-7-18(27)8-6-17)24(26(29)31)28-21-14-20(32-3)9-10-22(21)33-4/h5-14,28H,1-4H3. The zero-order valence-electron chi connectivity index (χ0n) is 18.7. The number of imide groups is 1. The molecule has 3 aromatic carbocycles. The lowest BCUT2D eigenvalue weighted by Gasteiger charge is -2.17. The molecule has 168 valence electrons. The second kappa shape index (κ2) is 9.00. The van der Waals surface area contributed by atoms with Crippen LogP contribution in [0.25, 0.3) is 5.57 Å². The molecule has 0 atom stereocenters. The fraction of sp³-hybridized carbons (Fsp3) is 0.154. The molecule has 0 radical (unpaired) electrons. The first-order chi connectivity index (χ1) is 15.8. The molecule has 4 rings (SSSR count). The highest BCUT2D eigenvalue weighted by Gasteiger charge is 2.40. The third-order valence-electron chi connectivity index (χ3n) is 5.35. The predicted octanol–water partition coefficient (Wildman–Crippen LogP) is 5.37. The Morgan fingerprint density at radius 2 is 1.48 bits per heavy atom. The molecule has 6 nitrogen and oxygen atoms in total. The molecule has 0 saturated heterocycles. The van der Waals surface area contributed by atoms with Crippen molar-refractivity contribution in [3.8, 4) is 11.5 Å². The van der Waals surface area contributed by atoms with E-state index in [1.165, 1.54) is 12.0 Å². The molecule has 3 aromatic rings. The molecule has 0 saturated carbocycles. The monoisotopic (exact) mass is 462 g/mol. The van der Waals surface area contributed by atoms with E-state index in [1.54, 1.807) is 49.6 Å². The van der Waals surface area contributed by atoms with E-state index in [4.69, 9.17) is 21.1 Å². The lowest BCUT2D eigenvalue weighted by Crippen LogP contribution is -2.32. The second-order valence-electron chi connectivity index (χ2n) is 7.74. The number of anilines is 2. The van der Waals surface area contributed by atoms with Crippen molar-refractivity contribution in [2.24, 2.45) is 0 Å². The third-order valence-corrected chi connectivity index (χ3v) is 5.60. The van der Waals surface area contributed by atoms with Crippen molar-refractivity contribution >= 4 is 40.4 Å². The van der Waals surface area contributed by atoms with Gasteiger partial charge in [-0.3, -0.25) is 9.59 Å². The minimum absolute atomic E-state index is 0.146. The number of carbonyl (C=O) groups excluding carboxylic acids is 2. The summed E-state index contributed by atoms with van der Waals surface area (Å²) in [7, 11) is 3.08. The van der Waals surface area contributed by atoms with Crippen molar-refractivity contribution in [3.63, 3.8) is 0 Å². The average molecular weight is 463 g/mol.